The zero-order chi connectivity index (χ0) is 30.9. The highest BCUT2D eigenvalue weighted by atomic mass is 35.5. The van der Waals surface area contributed by atoms with Gasteiger partial charge in [-0.1, -0.05) is 18.2 Å². The van der Waals surface area contributed by atoms with Crippen LogP contribution in [0.1, 0.15) is 34.5 Å². The highest BCUT2D eigenvalue weighted by Gasteiger charge is 2.35. The lowest BCUT2D eigenvalue weighted by molar-refractivity contribution is -0.125. The molecule has 46 heavy (non-hydrogen) atoms. The number of benzene rings is 2. The number of nitrogens with zero attached hydrogens (tertiary/aromatic N) is 2. The van der Waals surface area contributed by atoms with Crippen LogP contribution in [0.3, 0.4) is 0 Å². The van der Waals surface area contributed by atoms with Gasteiger partial charge < -0.3 is 40.2 Å². The number of ether oxygens (including phenoxy) is 4. The molecule has 8 rings (SSSR count). The summed E-state index contributed by atoms with van der Waals surface area (Å²) >= 11 is 0. The Morgan fingerprint density at radius 1 is 1.04 bits per heavy atom. The topological polar surface area (TPSA) is 154 Å². The largest absolute Gasteiger partial charge is 0.493 e. The molecule has 1 aromatic heterocycles. The number of methoxy groups -OCH3 is 1. The number of likely N-dealkylation sites (tertiary alicyclic amines) is 1. The second-order valence-corrected chi connectivity index (χ2v) is 10.6. The highest BCUT2D eigenvalue weighted by molar-refractivity contribution is 5.95. The number of hydrogen-bond acceptors (Lipinski definition) is 9. The predicted molar refractivity (Wildman–Crippen MR) is 175 cm³/mol. The number of rotatable bonds is 5. The van der Waals surface area contributed by atoms with Crippen LogP contribution in [0.4, 0.5) is 0 Å². The van der Waals surface area contributed by atoms with Gasteiger partial charge in [0.05, 0.1) is 13.2 Å². The third-order valence-electron chi connectivity index (χ3n) is 7.46. The Morgan fingerprint density at radius 2 is 1.83 bits per heavy atom. The minimum atomic E-state index is -0.547. The fourth-order valence-electron chi connectivity index (χ4n) is 5.17. The van der Waals surface area contributed by atoms with Gasteiger partial charge in [-0.05, 0) is 53.9 Å². The number of aromatic nitrogens is 1. The number of pyridine rings is 1. The average molecular weight is 677 g/mol. The van der Waals surface area contributed by atoms with Gasteiger partial charge in [-0.15, -0.1) is 24.8 Å². The van der Waals surface area contributed by atoms with E-state index in [0.717, 1.165) is 11.1 Å². The van der Waals surface area contributed by atoms with Crippen molar-refractivity contribution in [3.05, 3.63) is 77.6 Å². The molecule has 0 saturated carbocycles. The van der Waals surface area contributed by atoms with Gasteiger partial charge in [0.1, 0.15) is 18.5 Å². The van der Waals surface area contributed by atoms with Crippen molar-refractivity contribution in [3.8, 4) is 23.0 Å². The first kappa shape index (κ1) is 36.2. The van der Waals surface area contributed by atoms with Crippen LogP contribution in [0, 0.1) is 0 Å². The molecule has 2 atom stereocenters. The van der Waals surface area contributed by atoms with E-state index in [1.807, 2.05) is 30.3 Å². The van der Waals surface area contributed by atoms with Crippen LogP contribution in [-0.2, 0) is 22.6 Å². The zero-order valence-electron chi connectivity index (χ0n) is 25.4. The Labute approximate surface area is 280 Å². The van der Waals surface area contributed by atoms with Crippen molar-refractivity contribution in [2.45, 2.75) is 38.0 Å². The quantitative estimate of drug-likeness (QED) is 0.370. The van der Waals surface area contributed by atoms with Gasteiger partial charge in [0.2, 0.25) is 5.91 Å². The second kappa shape index (κ2) is 17.4. The van der Waals surface area contributed by atoms with Crippen molar-refractivity contribution >= 4 is 42.5 Å². The summed E-state index contributed by atoms with van der Waals surface area (Å²) < 4.78 is 23.3. The first-order valence-corrected chi connectivity index (χ1v) is 14.6. The van der Waals surface area contributed by atoms with E-state index in [1.165, 1.54) is 13.3 Å². The molecule has 0 aliphatic carbocycles. The number of halogens is 2. The number of carbonyl (C=O) groups is 3. The molecule has 4 N–H and O–H groups in total. The average Bonchev–Trinajstić information content (AvgIpc) is 3.05. The van der Waals surface area contributed by atoms with Crippen LogP contribution < -0.4 is 35.3 Å². The number of piperidine rings is 1. The van der Waals surface area contributed by atoms with Gasteiger partial charge in [0.25, 0.3) is 11.8 Å². The van der Waals surface area contributed by atoms with Crippen LogP contribution >= 0.6 is 24.8 Å². The fourth-order valence-corrected chi connectivity index (χ4v) is 5.17. The Kier molecular flexibility index (Phi) is 13.7. The van der Waals surface area contributed by atoms with Gasteiger partial charge in [-0.3, -0.25) is 14.4 Å². The molecular weight excluding hydrogens is 637 g/mol. The van der Waals surface area contributed by atoms with Crippen molar-refractivity contribution in [2.75, 3.05) is 40.0 Å². The zero-order valence-corrected chi connectivity index (χ0v) is 27.1. The van der Waals surface area contributed by atoms with Gasteiger partial charge >= 0.3 is 0 Å². The Balaban J connectivity index is 0.00000288. The third-order valence-corrected chi connectivity index (χ3v) is 7.46. The van der Waals surface area contributed by atoms with Gasteiger partial charge in [-0.25, -0.2) is 4.98 Å². The van der Waals surface area contributed by atoms with Gasteiger partial charge in [0.15, 0.2) is 29.5 Å². The molecular formula is C32H39Cl2N5O7. The van der Waals surface area contributed by atoms with Crippen molar-refractivity contribution in [1.82, 2.24) is 20.5 Å². The Hall–Kier alpha value is -4.26. The lowest BCUT2D eigenvalue weighted by atomic mass is 10.0. The van der Waals surface area contributed by atoms with Gasteiger partial charge in [0, 0.05) is 45.2 Å². The van der Waals surface area contributed by atoms with Crippen LogP contribution in [0.25, 0.3) is 0 Å². The highest BCUT2D eigenvalue weighted by Crippen LogP contribution is 2.29. The molecule has 3 aromatic rings. The second-order valence-electron chi connectivity index (χ2n) is 10.6. The molecule has 0 unspecified atom stereocenters. The molecule has 5 aliphatic rings. The van der Waals surface area contributed by atoms with E-state index in [2.05, 4.69) is 15.6 Å². The summed E-state index contributed by atoms with van der Waals surface area (Å²) in [4.78, 5) is 45.1. The molecule has 1 saturated heterocycles. The lowest BCUT2D eigenvalue weighted by Crippen LogP contribution is -2.58. The minimum absolute atomic E-state index is 0. The molecule has 2 aromatic carbocycles. The number of nitrogens with two attached hydrogens (primary N) is 1. The maximum Gasteiger partial charge on any atom is 0.276 e. The van der Waals surface area contributed by atoms with Crippen LogP contribution in [-0.4, -0.2) is 79.7 Å². The molecule has 1 fully saturated rings. The van der Waals surface area contributed by atoms with Crippen molar-refractivity contribution in [3.63, 3.8) is 0 Å². The van der Waals surface area contributed by atoms with E-state index in [1.54, 1.807) is 29.2 Å². The number of nitrogens with one attached hydrogen (secondary N) is 2. The first-order chi connectivity index (χ1) is 21.4. The molecule has 0 spiro atoms. The minimum Gasteiger partial charge on any atom is -0.493 e. The summed E-state index contributed by atoms with van der Waals surface area (Å²) in [5, 5.41) is 5.97. The van der Waals surface area contributed by atoms with E-state index in [-0.39, 0.29) is 68.0 Å². The SMILES string of the molecule is COc1cc2ccc1OCC(=O)N[C@@H]1CN(C(=O)c3ncccc3OCCN)CC[C@H]1Oc1ccc(cc1)CNC(=O)CC2.Cl.Cl. The molecule has 14 heteroatoms. The molecule has 12 nitrogen and oxygen atoms in total. The number of aryl methyl sites for hydroxylation is 1. The van der Waals surface area contributed by atoms with E-state index in [9.17, 15) is 14.4 Å². The molecule has 5 aliphatic heterocycles. The van der Waals surface area contributed by atoms with Crippen LogP contribution in [0.15, 0.2) is 60.8 Å². The first-order valence-electron chi connectivity index (χ1n) is 14.6. The summed E-state index contributed by atoms with van der Waals surface area (Å²) in [5.41, 5.74) is 7.60. The summed E-state index contributed by atoms with van der Waals surface area (Å²) in [5.74, 6) is 1.07. The smallest absolute Gasteiger partial charge is 0.276 e. The third kappa shape index (κ3) is 9.38. The van der Waals surface area contributed by atoms with Crippen molar-refractivity contribution < 1.29 is 33.3 Å². The summed E-state index contributed by atoms with van der Waals surface area (Å²) in [6, 6.07) is 15.7. The van der Waals surface area contributed by atoms with E-state index in [4.69, 9.17) is 24.7 Å². The summed E-state index contributed by atoms with van der Waals surface area (Å²) in [6.45, 7) is 1.23. The molecule has 6 heterocycles. The number of carbonyl (C=O) groups excluding carboxylic acids is 3. The van der Waals surface area contributed by atoms with Gasteiger partial charge in [-0.2, -0.15) is 0 Å². The molecule has 248 valence electrons. The Morgan fingerprint density at radius 3 is 2.59 bits per heavy atom. The summed E-state index contributed by atoms with van der Waals surface area (Å²) in [7, 11) is 1.52. The predicted octanol–water partition coefficient (Wildman–Crippen LogP) is 2.69. The molecule has 4 bridgehead atoms. The van der Waals surface area contributed by atoms with Crippen molar-refractivity contribution in [1.29, 1.82) is 0 Å². The van der Waals surface area contributed by atoms with E-state index < -0.39 is 12.1 Å². The lowest BCUT2D eigenvalue weighted by Gasteiger charge is -2.38. The van der Waals surface area contributed by atoms with E-state index >= 15 is 0 Å². The maximum absolute atomic E-state index is 13.6. The maximum atomic E-state index is 13.6. The van der Waals surface area contributed by atoms with Crippen molar-refractivity contribution in [2.24, 2.45) is 5.73 Å². The van der Waals surface area contributed by atoms with Crippen LogP contribution in [0.5, 0.6) is 23.0 Å². The number of amides is 3. The molecule has 0 radical (unpaired) electrons. The molecule has 3 amide bonds. The van der Waals surface area contributed by atoms with Crippen LogP contribution in [0.2, 0.25) is 0 Å². The number of hydrogen-bond donors (Lipinski definition) is 3. The van der Waals surface area contributed by atoms with E-state index in [0.29, 0.717) is 61.9 Å². The normalized spacial score (nSPS) is 18.3. The fraction of sp³-hybridized carbons (Fsp3) is 0.375. The monoisotopic (exact) mass is 675 g/mol. The summed E-state index contributed by atoms with van der Waals surface area (Å²) in [6.07, 6.45) is 2.40. The standard InChI is InChI=1S/C32H37N5O7.2ClH/c1-41-28-17-21-6-10-26(28)43-20-30(39)36-24-19-37(32(40)31-27(42-16-13-33)3-2-14-34-31)15-12-25(24)44-23-8-4-22(5-9-23)18-35-29(38)11-7-21;;/h2-6,8-10,14,17,24-25H,7,11-13,15-16,18-20,33H2,1H3,(H,35,38)(H,36,39);2*1H/t24-,25-;;/m1../s1. The Bertz CT molecular complexity index is 1480.